The zero-order valence-corrected chi connectivity index (χ0v) is 11.3. The van der Waals surface area contributed by atoms with Gasteiger partial charge in [-0.1, -0.05) is 30.3 Å². The Hall–Kier alpha value is -2.75. The lowest BCUT2D eigenvalue weighted by molar-refractivity contribution is 0.112. The summed E-state index contributed by atoms with van der Waals surface area (Å²) in [5.74, 6) is -0.293. The molecule has 0 amide bonds. The average Bonchev–Trinajstić information content (AvgIpc) is 2.51. The Kier molecular flexibility index (Phi) is 3.36. The van der Waals surface area contributed by atoms with Crippen LogP contribution in [0.2, 0.25) is 0 Å². The summed E-state index contributed by atoms with van der Waals surface area (Å²) >= 11 is 0. The number of para-hydroxylation sites is 1. The highest BCUT2D eigenvalue weighted by Crippen LogP contribution is 2.28. The van der Waals surface area contributed by atoms with Crippen LogP contribution in [-0.2, 0) is 0 Å². The number of aryl methyl sites for hydroxylation is 1. The zero-order chi connectivity index (χ0) is 14.8. The highest BCUT2D eigenvalue weighted by atomic mass is 19.1. The molecule has 0 fully saturated rings. The number of carbonyl (C=O) groups excluding carboxylic acids is 1. The van der Waals surface area contributed by atoms with E-state index in [0.717, 1.165) is 5.39 Å². The lowest BCUT2D eigenvalue weighted by atomic mass is 10.1. The van der Waals surface area contributed by atoms with Crippen molar-refractivity contribution in [2.24, 2.45) is 0 Å². The molecule has 0 saturated carbocycles. The third-order valence-corrected chi connectivity index (χ3v) is 3.21. The highest BCUT2D eigenvalue weighted by molar-refractivity contribution is 5.88. The third-order valence-electron chi connectivity index (χ3n) is 3.21. The van der Waals surface area contributed by atoms with Gasteiger partial charge in [-0.2, -0.15) is 0 Å². The van der Waals surface area contributed by atoms with Gasteiger partial charge in [0, 0.05) is 5.39 Å². The van der Waals surface area contributed by atoms with Gasteiger partial charge in [0.1, 0.15) is 0 Å². The molecule has 0 aliphatic heterocycles. The van der Waals surface area contributed by atoms with Gasteiger partial charge in [0.25, 0.3) is 0 Å². The molecule has 0 bridgehead atoms. The summed E-state index contributed by atoms with van der Waals surface area (Å²) in [6.07, 6.45) is 0.655. The first-order valence-corrected chi connectivity index (χ1v) is 6.47. The number of hydrogen-bond acceptors (Lipinski definition) is 3. The molecule has 0 spiro atoms. The number of aldehydes is 1. The van der Waals surface area contributed by atoms with Crippen molar-refractivity contribution in [3.63, 3.8) is 0 Å². The van der Waals surface area contributed by atoms with Crippen molar-refractivity contribution in [3.05, 3.63) is 65.5 Å². The van der Waals surface area contributed by atoms with Crippen LogP contribution in [-0.4, -0.2) is 11.3 Å². The first-order chi connectivity index (χ1) is 10.2. The molecule has 4 heteroatoms. The van der Waals surface area contributed by atoms with E-state index in [9.17, 15) is 9.18 Å². The predicted molar refractivity (Wildman–Crippen MR) is 78.3 cm³/mol. The monoisotopic (exact) mass is 281 g/mol. The third kappa shape index (κ3) is 2.48. The molecule has 0 saturated heterocycles. The molecular weight excluding hydrogens is 269 g/mol. The van der Waals surface area contributed by atoms with Gasteiger partial charge in [-0.25, -0.2) is 9.37 Å². The number of hydrogen-bond donors (Lipinski definition) is 0. The van der Waals surface area contributed by atoms with Gasteiger partial charge in [0.15, 0.2) is 17.9 Å². The molecule has 0 N–H and O–H groups in total. The van der Waals surface area contributed by atoms with Crippen LogP contribution in [0.3, 0.4) is 0 Å². The SMILES string of the molecule is Cc1cccc(Oc2nc3ccccc3cc2C=O)c1F. The van der Waals surface area contributed by atoms with Crippen LogP contribution < -0.4 is 4.74 Å². The lowest BCUT2D eigenvalue weighted by Crippen LogP contribution is -1.97. The molecule has 1 aromatic heterocycles. The van der Waals surface area contributed by atoms with Crippen molar-refractivity contribution in [3.8, 4) is 11.6 Å². The van der Waals surface area contributed by atoms with Crippen LogP contribution in [0, 0.1) is 12.7 Å². The number of pyridine rings is 1. The van der Waals surface area contributed by atoms with Crippen LogP contribution in [0.5, 0.6) is 11.6 Å². The quantitative estimate of drug-likeness (QED) is 0.672. The average molecular weight is 281 g/mol. The lowest BCUT2D eigenvalue weighted by Gasteiger charge is -2.10. The van der Waals surface area contributed by atoms with Crippen LogP contribution in [0.1, 0.15) is 15.9 Å². The van der Waals surface area contributed by atoms with Crippen molar-refractivity contribution < 1.29 is 13.9 Å². The highest BCUT2D eigenvalue weighted by Gasteiger charge is 2.12. The summed E-state index contributed by atoms with van der Waals surface area (Å²) in [6, 6.07) is 13.9. The second-order valence-corrected chi connectivity index (χ2v) is 4.68. The predicted octanol–water partition coefficient (Wildman–Crippen LogP) is 4.29. The van der Waals surface area contributed by atoms with E-state index < -0.39 is 5.82 Å². The molecule has 3 nitrogen and oxygen atoms in total. The summed E-state index contributed by atoms with van der Waals surface area (Å²) in [6.45, 7) is 1.65. The molecule has 1 heterocycles. The van der Waals surface area contributed by atoms with Crippen LogP contribution in [0.25, 0.3) is 10.9 Å². The minimum absolute atomic E-state index is 0.0564. The number of benzene rings is 2. The molecule has 0 atom stereocenters. The Labute approximate surface area is 121 Å². The zero-order valence-electron chi connectivity index (χ0n) is 11.3. The van der Waals surface area contributed by atoms with Gasteiger partial charge in [-0.3, -0.25) is 4.79 Å². The summed E-state index contributed by atoms with van der Waals surface area (Å²) in [4.78, 5) is 15.5. The fourth-order valence-corrected chi connectivity index (χ4v) is 2.08. The van der Waals surface area contributed by atoms with Gasteiger partial charge in [0.05, 0.1) is 11.1 Å². The molecule has 104 valence electrons. The first-order valence-electron chi connectivity index (χ1n) is 6.47. The Morgan fingerprint density at radius 2 is 1.95 bits per heavy atom. The van der Waals surface area contributed by atoms with Crippen molar-refractivity contribution in [2.75, 3.05) is 0 Å². The smallest absolute Gasteiger partial charge is 0.230 e. The largest absolute Gasteiger partial charge is 0.435 e. The van der Waals surface area contributed by atoms with Crippen molar-refractivity contribution >= 4 is 17.2 Å². The van der Waals surface area contributed by atoms with E-state index in [0.29, 0.717) is 17.4 Å². The number of nitrogens with zero attached hydrogens (tertiary/aromatic N) is 1. The van der Waals surface area contributed by atoms with Crippen molar-refractivity contribution in [2.45, 2.75) is 6.92 Å². The van der Waals surface area contributed by atoms with Gasteiger partial charge < -0.3 is 4.74 Å². The van der Waals surface area contributed by atoms with E-state index in [1.165, 1.54) is 6.07 Å². The summed E-state index contributed by atoms with van der Waals surface area (Å²) < 4.78 is 19.5. The van der Waals surface area contributed by atoms with E-state index >= 15 is 0 Å². The molecule has 0 unspecified atom stereocenters. The summed E-state index contributed by atoms with van der Waals surface area (Å²) in [5.41, 5.74) is 1.45. The number of aromatic nitrogens is 1. The molecule has 0 radical (unpaired) electrons. The summed E-state index contributed by atoms with van der Waals surface area (Å²) in [7, 11) is 0. The van der Waals surface area contributed by atoms with Crippen molar-refractivity contribution in [1.82, 2.24) is 4.98 Å². The van der Waals surface area contributed by atoms with Crippen LogP contribution in [0.4, 0.5) is 4.39 Å². The number of fused-ring (bicyclic) bond motifs is 1. The van der Waals surface area contributed by atoms with Crippen molar-refractivity contribution in [1.29, 1.82) is 0 Å². The molecule has 0 aliphatic carbocycles. The van der Waals surface area contributed by atoms with Crippen LogP contribution in [0.15, 0.2) is 48.5 Å². The van der Waals surface area contributed by atoms with Gasteiger partial charge in [-0.15, -0.1) is 0 Å². The molecule has 3 rings (SSSR count). The number of halogens is 1. The fraction of sp³-hybridized carbons (Fsp3) is 0.0588. The Bertz CT molecular complexity index is 830. The molecule has 0 aliphatic rings. The Balaban J connectivity index is 2.11. The normalized spacial score (nSPS) is 10.6. The van der Waals surface area contributed by atoms with Gasteiger partial charge >= 0.3 is 0 Å². The fourth-order valence-electron chi connectivity index (χ4n) is 2.08. The Morgan fingerprint density at radius 3 is 2.76 bits per heavy atom. The molecule has 3 aromatic rings. The second kappa shape index (κ2) is 5.32. The van der Waals surface area contributed by atoms with E-state index in [-0.39, 0.29) is 17.2 Å². The van der Waals surface area contributed by atoms with Crippen LogP contribution >= 0.6 is 0 Å². The van der Waals surface area contributed by atoms with Gasteiger partial charge in [0.2, 0.25) is 5.88 Å². The molecular formula is C17H12FNO2. The Morgan fingerprint density at radius 1 is 1.14 bits per heavy atom. The molecule has 21 heavy (non-hydrogen) atoms. The minimum atomic E-state index is -0.454. The van der Waals surface area contributed by atoms with E-state index in [2.05, 4.69) is 4.98 Å². The standard InChI is InChI=1S/C17H12FNO2/c1-11-5-4-8-15(16(11)18)21-17-13(10-20)9-12-6-2-3-7-14(12)19-17/h2-10H,1H3. The first kappa shape index (κ1) is 13.2. The second-order valence-electron chi connectivity index (χ2n) is 4.68. The van der Waals surface area contributed by atoms with E-state index in [4.69, 9.17) is 4.74 Å². The maximum atomic E-state index is 14.0. The number of rotatable bonds is 3. The number of carbonyl (C=O) groups is 1. The maximum Gasteiger partial charge on any atom is 0.230 e. The van der Waals surface area contributed by atoms with Gasteiger partial charge in [-0.05, 0) is 30.7 Å². The maximum absolute atomic E-state index is 14.0. The summed E-state index contributed by atoms with van der Waals surface area (Å²) in [5, 5.41) is 0.830. The topological polar surface area (TPSA) is 39.2 Å². The van der Waals surface area contributed by atoms with E-state index in [1.54, 1.807) is 25.1 Å². The van der Waals surface area contributed by atoms with E-state index in [1.807, 2.05) is 24.3 Å². The number of ether oxygens (including phenoxy) is 1. The molecule has 2 aromatic carbocycles. The minimum Gasteiger partial charge on any atom is -0.435 e.